The van der Waals surface area contributed by atoms with Crippen LogP contribution >= 0.6 is 0 Å². The van der Waals surface area contributed by atoms with Crippen LogP contribution in [0.4, 0.5) is 9.18 Å². The highest BCUT2D eigenvalue weighted by molar-refractivity contribution is 6.01. The third kappa shape index (κ3) is 2.60. The molecule has 0 aromatic heterocycles. The van der Waals surface area contributed by atoms with Gasteiger partial charge in [-0.2, -0.15) is 0 Å². The van der Waals surface area contributed by atoms with Crippen LogP contribution in [0.3, 0.4) is 0 Å². The molecule has 3 aliphatic rings. The number of carbonyl (C=O) groups is 2. The van der Waals surface area contributed by atoms with E-state index in [0.717, 1.165) is 25.7 Å². The zero-order valence-electron chi connectivity index (χ0n) is 14.3. The lowest BCUT2D eigenvalue weighted by atomic mass is 9.93. The topological polar surface area (TPSA) is 52.7 Å². The minimum Gasteiger partial charge on any atom is -0.330 e. The number of carbonyl (C=O) groups excluding carboxylic acids is 2. The quantitative estimate of drug-likeness (QED) is 0.898. The van der Waals surface area contributed by atoms with E-state index >= 15 is 0 Å². The maximum atomic E-state index is 14.3. The van der Waals surface area contributed by atoms with Crippen molar-refractivity contribution < 1.29 is 14.0 Å². The second kappa shape index (κ2) is 6.17. The summed E-state index contributed by atoms with van der Waals surface area (Å²) >= 11 is 0. The number of likely N-dealkylation sites (N-methyl/N-ethyl adjacent to an activating group) is 1. The van der Waals surface area contributed by atoms with Crippen LogP contribution in [0.5, 0.6) is 0 Å². The first-order chi connectivity index (χ1) is 12.1. The molecule has 132 valence electrons. The first-order valence-electron chi connectivity index (χ1n) is 8.90. The molecule has 1 aromatic rings. The van der Waals surface area contributed by atoms with E-state index in [4.69, 9.17) is 0 Å². The number of nitrogens with zero attached hydrogens (tertiary/aromatic N) is 2. The molecule has 2 heterocycles. The van der Waals surface area contributed by atoms with Crippen LogP contribution in [0.1, 0.15) is 43.7 Å². The van der Waals surface area contributed by atoms with Crippen LogP contribution in [0.15, 0.2) is 35.5 Å². The molecule has 0 spiro atoms. The summed E-state index contributed by atoms with van der Waals surface area (Å²) in [6, 6.07) is 5.52. The zero-order valence-corrected chi connectivity index (χ0v) is 14.3. The Kier molecular flexibility index (Phi) is 3.98. The first-order valence-corrected chi connectivity index (χ1v) is 8.90. The van der Waals surface area contributed by atoms with Crippen LogP contribution in [0.25, 0.3) is 0 Å². The normalized spacial score (nSPS) is 24.6. The van der Waals surface area contributed by atoms with E-state index in [0.29, 0.717) is 23.4 Å². The van der Waals surface area contributed by atoms with Crippen LogP contribution < -0.4 is 5.32 Å². The molecule has 6 heteroatoms. The van der Waals surface area contributed by atoms with Crippen molar-refractivity contribution >= 4 is 11.9 Å². The molecular formula is C19H22FN3O2. The lowest BCUT2D eigenvalue weighted by molar-refractivity contribution is -0.128. The minimum absolute atomic E-state index is 0.0676. The maximum Gasteiger partial charge on any atom is 0.322 e. The third-order valence-corrected chi connectivity index (χ3v) is 5.62. The molecule has 0 unspecified atom stereocenters. The molecule has 1 atom stereocenters. The molecule has 0 bridgehead atoms. The largest absolute Gasteiger partial charge is 0.330 e. The molecule has 0 radical (unpaired) electrons. The fourth-order valence-electron chi connectivity index (χ4n) is 4.22. The van der Waals surface area contributed by atoms with Crippen molar-refractivity contribution in [1.29, 1.82) is 0 Å². The van der Waals surface area contributed by atoms with Gasteiger partial charge in [-0.05, 0) is 18.9 Å². The maximum absolute atomic E-state index is 14.3. The molecule has 3 amide bonds. The third-order valence-electron chi connectivity index (χ3n) is 5.62. The van der Waals surface area contributed by atoms with Crippen molar-refractivity contribution in [3.63, 3.8) is 0 Å². The zero-order chi connectivity index (χ0) is 17.6. The highest BCUT2D eigenvalue weighted by Gasteiger charge is 2.45. The second-order valence-electron chi connectivity index (χ2n) is 7.05. The van der Waals surface area contributed by atoms with Gasteiger partial charge in [-0.15, -0.1) is 0 Å². The molecule has 1 saturated carbocycles. The predicted octanol–water partition coefficient (Wildman–Crippen LogP) is 2.95. The Morgan fingerprint density at radius 1 is 1.12 bits per heavy atom. The molecule has 1 aliphatic carbocycles. The Balaban J connectivity index is 1.72. The van der Waals surface area contributed by atoms with Crippen LogP contribution in [-0.4, -0.2) is 41.4 Å². The van der Waals surface area contributed by atoms with E-state index in [1.807, 2.05) is 4.90 Å². The van der Waals surface area contributed by atoms with Crippen LogP contribution in [-0.2, 0) is 4.79 Å². The highest BCUT2D eigenvalue weighted by Crippen LogP contribution is 2.38. The number of halogens is 1. The van der Waals surface area contributed by atoms with Crippen molar-refractivity contribution in [2.45, 2.75) is 44.2 Å². The summed E-state index contributed by atoms with van der Waals surface area (Å²) in [5.41, 5.74) is 1.56. The van der Waals surface area contributed by atoms with Gasteiger partial charge in [-0.3, -0.25) is 9.69 Å². The van der Waals surface area contributed by atoms with E-state index < -0.39 is 11.9 Å². The molecule has 1 fully saturated rings. The molecule has 1 aromatic carbocycles. The number of benzene rings is 1. The Hall–Kier alpha value is -2.37. The Labute approximate surface area is 146 Å². The number of urea groups is 1. The highest BCUT2D eigenvalue weighted by atomic mass is 19.1. The fraction of sp³-hybridized carbons (Fsp3) is 0.474. The second-order valence-corrected chi connectivity index (χ2v) is 7.05. The standard InChI is InChI=1S/C19H22FN3O2/c1-22-15-11-23(12-7-3-2-4-8-12)18(24)16(15)17(21-19(22)25)13-9-5-6-10-14(13)20/h5-6,9-10,12,17H,2-4,7-8,11H2,1H3,(H,21,25)/t17-/m1/s1. The Bertz CT molecular complexity index is 755. The van der Waals surface area contributed by atoms with Gasteiger partial charge in [0, 0.05) is 18.7 Å². The van der Waals surface area contributed by atoms with Gasteiger partial charge in [0.05, 0.1) is 23.9 Å². The summed E-state index contributed by atoms with van der Waals surface area (Å²) in [6.07, 6.45) is 5.47. The van der Waals surface area contributed by atoms with Crippen molar-refractivity contribution in [2.75, 3.05) is 13.6 Å². The summed E-state index contributed by atoms with van der Waals surface area (Å²) in [7, 11) is 1.67. The van der Waals surface area contributed by atoms with Gasteiger partial charge in [0.1, 0.15) is 5.82 Å². The van der Waals surface area contributed by atoms with Crippen molar-refractivity contribution in [3.8, 4) is 0 Å². The molecule has 1 N–H and O–H groups in total. The average molecular weight is 343 g/mol. The summed E-state index contributed by atoms with van der Waals surface area (Å²) in [6.45, 7) is 0.438. The van der Waals surface area contributed by atoms with Gasteiger partial charge in [-0.25, -0.2) is 9.18 Å². The fourth-order valence-corrected chi connectivity index (χ4v) is 4.22. The van der Waals surface area contributed by atoms with Gasteiger partial charge in [0.2, 0.25) is 0 Å². The van der Waals surface area contributed by atoms with E-state index in [9.17, 15) is 14.0 Å². The predicted molar refractivity (Wildman–Crippen MR) is 91.0 cm³/mol. The van der Waals surface area contributed by atoms with Crippen LogP contribution in [0.2, 0.25) is 0 Å². The van der Waals surface area contributed by atoms with E-state index in [-0.39, 0.29) is 18.0 Å². The number of rotatable bonds is 2. The Morgan fingerprint density at radius 2 is 1.84 bits per heavy atom. The summed E-state index contributed by atoms with van der Waals surface area (Å²) < 4.78 is 14.3. The lowest BCUT2D eigenvalue weighted by Crippen LogP contribution is -2.45. The number of nitrogens with one attached hydrogen (secondary N) is 1. The van der Waals surface area contributed by atoms with Gasteiger partial charge in [-0.1, -0.05) is 37.5 Å². The summed E-state index contributed by atoms with van der Waals surface area (Å²) in [5.74, 6) is -0.477. The van der Waals surface area contributed by atoms with Crippen molar-refractivity contribution in [1.82, 2.24) is 15.1 Å². The smallest absolute Gasteiger partial charge is 0.322 e. The molecule has 2 aliphatic heterocycles. The monoisotopic (exact) mass is 343 g/mol. The van der Waals surface area contributed by atoms with Crippen LogP contribution in [0, 0.1) is 5.82 Å². The molecule has 0 saturated heterocycles. The molecular weight excluding hydrogens is 321 g/mol. The SMILES string of the molecule is CN1C(=O)N[C@H](c2ccccc2F)C2=C1CN(C1CCCCC1)C2=O. The summed E-state index contributed by atoms with van der Waals surface area (Å²) in [4.78, 5) is 28.9. The van der Waals surface area contributed by atoms with E-state index in [1.54, 1.807) is 25.2 Å². The number of hydrogen-bond acceptors (Lipinski definition) is 2. The van der Waals surface area contributed by atoms with Crippen molar-refractivity contribution in [2.24, 2.45) is 0 Å². The van der Waals surface area contributed by atoms with E-state index in [1.165, 1.54) is 17.4 Å². The van der Waals surface area contributed by atoms with Gasteiger partial charge in [0.15, 0.2) is 0 Å². The van der Waals surface area contributed by atoms with Gasteiger partial charge < -0.3 is 10.2 Å². The average Bonchev–Trinajstić information content (AvgIpc) is 2.97. The van der Waals surface area contributed by atoms with E-state index in [2.05, 4.69) is 5.32 Å². The molecule has 5 nitrogen and oxygen atoms in total. The summed E-state index contributed by atoms with van der Waals surface area (Å²) in [5, 5.41) is 2.79. The number of hydrogen-bond donors (Lipinski definition) is 1. The van der Waals surface area contributed by atoms with Gasteiger partial charge >= 0.3 is 6.03 Å². The lowest BCUT2D eigenvalue weighted by Gasteiger charge is -2.31. The first kappa shape index (κ1) is 16.1. The minimum atomic E-state index is -0.721. The Morgan fingerprint density at radius 3 is 2.56 bits per heavy atom. The van der Waals surface area contributed by atoms with Crippen molar-refractivity contribution in [3.05, 3.63) is 46.9 Å². The molecule has 25 heavy (non-hydrogen) atoms. The van der Waals surface area contributed by atoms with Gasteiger partial charge in [0.25, 0.3) is 5.91 Å². The number of amides is 3. The molecule has 4 rings (SSSR count).